The predicted octanol–water partition coefficient (Wildman–Crippen LogP) is 2.66. The molecule has 1 atom stereocenters. The predicted molar refractivity (Wildman–Crippen MR) is 91.2 cm³/mol. The third kappa shape index (κ3) is 4.68. The highest BCUT2D eigenvalue weighted by Gasteiger charge is 2.20. The Morgan fingerprint density at radius 3 is 2.42 bits per heavy atom. The largest absolute Gasteiger partial charge is 0.481 e. The van der Waals surface area contributed by atoms with Crippen LogP contribution in [0, 0.1) is 18.8 Å². The molecule has 0 spiro atoms. The van der Waals surface area contributed by atoms with Crippen molar-refractivity contribution in [3.63, 3.8) is 0 Å². The number of aromatic nitrogens is 2. The van der Waals surface area contributed by atoms with Crippen molar-refractivity contribution in [2.75, 3.05) is 6.54 Å². The van der Waals surface area contributed by atoms with Crippen LogP contribution in [-0.4, -0.2) is 33.3 Å². The van der Waals surface area contributed by atoms with Crippen molar-refractivity contribution < 1.29 is 14.7 Å². The van der Waals surface area contributed by atoms with Crippen molar-refractivity contribution in [2.45, 2.75) is 27.2 Å². The van der Waals surface area contributed by atoms with E-state index in [9.17, 15) is 14.7 Å². The highest BCUT2D eigenvalue weighted by Crippen LogP contribution is 2.13. The minimum atomic E-state index is -0.881. The van der Waals surface area contributed by atoms with E-state index in [1.807, 2.05) is 39.1 Å². The van der Waals surface area contributed by atoms with Crippen molar-refractivity contribution in [3.8, 4) is 5.69 Å². The summed E-state index contributed by atoms with van der Waals surface area (Å²) in [5, 5.41) is 16.1. The number of benzene rings is 1. The lowest BCUT2D eigenvalue weighted by atomic mass is 9.97. The molecule has 0 bridgehead atoms. The summed E-state index contributed by atoms with van der Waals surface area (Å²) < 4.78 is 1.74. The molecule has 2 rings (SSSR count). The van der Waals surface area contributed by atoms with Crippen molar-refractivity contribution in [3.05, 3.63) is 47.8 Å². The van der Waals surface area contributed by atoms with E-state index in [-0.39, 0.29) is 18.4 Å². The van der Waals surface area contributed by atoms with Gasteiger partial charge in [0.15, 0.2) is 0 Å². The number of amides is 1. The van der Waals surface area contributed by atoms with Crippen molar-refractivity contribution in [1.82, 2.24) is 15.1 Å². The van der Waals surface area contributed by atoms with Gasteiger partial charge in [-0.1, -0.05) is 13.8 Å². The fourth-order valence-corrected chi connectivity index (χ4v) is 2.48. The smallest absolute Gasteiger partial charge is 0.308 e. The van der Waals surface area contributed by atoms with Gasteiger partial charge in [-0.05, 0) is 49.1 Å². The number of rotatable bonds is 7. The Morgan fingerprint density at radius 2 is 1.92 bits per heavy atom. The SMILES string of the molecule is Cc1cnn(-c2ccc(C(=O)NCC(CC(C)C)C(=O)O)cc2)c1. The van der Waals surface area contributed by atoms with E-state index in [0.717, 1.165) is 11.3 Å². The Kier molecular flexibility index (Phi) is 5.73. The molecule has 1 aromatic carbocycles. The molecule has 2 aromatic rings. The van der Waals surface area contributed by atoms with Crippen LogP contribution < -0.4 is 5.32 Å². The summed E-state index contributed by atoms with van der Waals surface area (Å²) in [7, 11) is 0. The third-order valence-corrected chi connectivity index (χ3v) is 3.72. The standard InChI is InChI=1S/C18H23N3O3/c1-12(2)8-15(18(23)24)10-19-17(22)14-4-6-16(7-5-14)21-11-13(3)9-20-21/h4-7,9,11-12,15H,8,10H2,1-3H3,(H,19,22)(H,23,24). The minimum Gasteiger partial charge on any atom is -0.481 e. The lowest BCUT2D eigenvalue weighted by molar-refractivity contribution is -0.142. The van der Waals surface area contributed by atoms with Crippen molar-refractivity contribution in [2.24, 2.45) is 11.8 Å². The molecule has 0 aliphatic carbocycles. The molecule has 128 valence electrons. The molecule has 1 heterocycles. The van der Waals surface area contributed by atoms with Crippen LogP contribution in [0.15, 0.2) is 36.7 Å². The molecule has 1 amide bonds. The van der Waals surface area contributed by atoms with Crippen LogP contribution in [0.25, 0.3) is 5.69 Å². The van der Waals surface area contributed by atoms with E-state index in [4.69, 9.17) is 0 Å². The third-order valence-electron chi connectivity index (χ3n) is 3.72. The Bertz CT molecular complexity index is 705. The zero-order chi connectivity index (χ0) is 17.7. The summed E-state index contributed by atoms with van der Waals surface area (Å²) >= 11 is 0. The summed E-state index contributed by atoms with van der Waals surface area (Å²) in [6.45, 7) is 6.02. The summed E-state index contributed by atoms with van der Waals surface area (Å²) in [5.74, 6) is -1.46. The van der Waals surface area contributed by atoms with E-state index in [0.29, 0.717) is 12.0 Å². The lowest BCUT2D eigenvalue weighted by Gasteiger charge is -2.15. The summed E-state index contributed by atoms with van der Waals surface area (Å²) in [6.07, 6.45) is 4.20. The van der Waals surface area contributed by atoms with Gasteiger partial charge < -0.3 is 10.4 Å². The topological polar surface area (TPSA) is 84.2 Å². The van der Waals surface area contributed by atoms with Gasteiger partial charge in [0.05, 0.1) is 17.8 Å². The van der Waals surface area contributed by atoms with Gasteiger partial charge in [-0.15, -0.1) is 0 Å². The Balaban J connectivity index is 1.98. The first-order valence-corrected chi connectivity index (χ1v) is 7.99. The van der Waals surface area contributed by atoms with Crippen LogP contribution in [0.3, 0.4) is 0 Å². The molecule has 24 heavy (non-hydrogen) atoms. The maximum absolute atomic E-state index is 12.2. The van der Waals surface area contributed by atoms with E-state index in [2.05, 4.69) is 10.4 Å². The van der Waals surface area contributed by atoms with Crippen molar-refractivity contribution >= 4 is 11.9 Å². The van der Waals surface area contributed by atoms with Crippen LogP contribution in [-0.2, 0) is 4.79 Å². The molecule has 6 nitrogen and oxygen atoms in total. The first-order valence-electron chi connectivity index (χ1n) is 7.99. The Labute approximate surface area is 141 Å². The summed E-state index contributed by atoms with van der Waals surface area (Å²) in [4.78, 5) is 23.4. The zero-order valence-electron chi connectivity index (χ0n) is 14.2. The number of hydrogen-bond acceptors (Lipinski definition) is 3. The maximum Gasteiger partial charge on any atom is 0.308 e. The highest BCUT2D eigenvalue weighted by atomic mass is 16.4. The Morgan fingerprint density at radius 1 is 1.25 bits per heavy atom. The zero-order valence-corrected chi connectivity index (χ0v) is 14.2. The number of nitrogens with zero attached hydrogens (tertiary/aromatic N) is 2. The number of aliphatic carboxylic acids is 1. The number of aryl methyl sites for hydroxylation is 1. The van der Waals surface area contributed by atoms with Gasteiger partial charge in [0.2, 0.25) is 0 Å². The highest BCUT2D eigenvalue weighted by molar-refractivity contribution is 5.94. The van der Waals surface area contributed by atoms with Crippen LogP contribution in [0.5, 0.6) is 0 Å². The quantitative estimate of drug-likeness (QED) is 0.818. The van der Waals surface area contributed by atoms with Gasteiger partial charge >= 0.3 is 5.97 Å². The molecule has 1 unspecified atom stereocenters. The van der Waals surface area contributed by atoms with Gasteiger partial charge in [0.1, 0.15) is 0 Å². The number of hydrogen-bond donors (Lipinski definition) is 2. The Hall–Kier alpha value is -2.63. The first-order chi connectivity index (χ1) is 11.4. The summed E-state index contributed by atoms with van der Waals surface area (Å²) in [5.41, 5.74) is 2.42. The second kappa shape index (κ2) is 7.77. The van der Waals surface area contributed by atoms with Crippen LogP contribution in [0.2, 0.25) is 0 Å². The maximum atomic E-state index is 12.2. The first kappa shape index (κ1) is 17.7. The fraction of sp³-hybridized carbons (Fsp3) is 0.389. The molecular weight excluding hydrogens is 306 g/mol. The fourth-order valence-electron chi connectivity index (χ4n) is 2.48. The molecule has 6 heteroatoms. The van der Waals surface area contributed by atoms with Crippen LogP contribution >= 0.6 is 0 Å². The number of carboxylic acids is 1. The number of carbonyl (C=O) groups is 2. The number of carboxylic acid groups (broad SMARTS) is 1. The second-order valence-electron chi connectivity index (χ2n) is 6.38. The van der Waals surface area contributed by atoms with Gasteiger partial charge in [-0.3, -0.25) is 9.59 Å². The molecule has 2 N–H and O–H groups in total. The van der Waals surface area contributed by atoms with Crippen molar-refractivity contribution in [1.29, 1.82) is 0 Å². The molecule has 0 aliphatic rings. The molecular formula is C18H23N3O3. The van der Waals surface area contributed by atoms with Gasteiger partial charge in [0, 0.05) is 18.3 Å². The lowest BCUT2D eigenvalue weighted by Crippen LogP contribution is -2.33. The average Bonchev–Trinajstić information content (AvgIpc) is 2.97. The molecule has 0 radical (unpaired) electrons. The monoisotopic (exact) mass is 329 g/mol. The van der Waals surface area contributed by atoms with Crippen LogP contribution in [0.1, 0.15) is 36.2 Å². The van der Waals surface area contributed by atoms with Gasteiger partial charge in [0.25, 0.3) is 5.91 Å². The molecule has 1 aromatic heterocycles. The normalized spacial score (nSPS) is 12.2. The minimum absolute atomic E-state index is 0.131. The van der Waals surface area contributed by atoms with Gasteiger partial charge in [-0.25, -0.2) is 4.68 Å². The molecule has 0 aliphatic heterocycles. The number of carbonyl (C=O) groups excluding carboxylic acids is 1. The van der Waals surface area contributed by atoms with E-state index in [1.165, 1.54) is 0 Å². The average molecular weight is 329 g/mol. The van der Waals surface area contributed by atoms with E-state index in [1.54, 1.807) is 23.0 Å². The number of nitrogens with one attached hydrogen (secondary N) is 1. The molecule has 0 fully saturated rings. The second-order valence-corrected chi connectivity index (χ2v) is 6.38. The molecule has 0 saturated carbocycles. The van der Waals surface area contributed by atoms with E-state index < -0.39 is 11.9 Å². The summed E-state index contributed by atoms with van der Waals surface area (Å²) in [6, 6.07) is 7.04. The van der Waals surface area contributed by atoms with E-state index >= 15 is 0 Å². The molecule has 0 saturated heterocycles. The van der Waals surface area contributed by atoms with Crippen LogP contribution in [0.4, 0.5) is 0 Å². The van der Waals surface area contributed by atoms with Gasteiger partial charge in [-0.2, -0.15) is 5.10 Å².